The van der Waals surface area contributed by atoms with Crippen LogP contribution in [0, 0.1) is 0 Å². The Morgan fingerprint density at radius 3 is 2.75 bits per heavy atom. The highest BCUT2D eigenvalue weighted by Gasteiger charge is 2.26. The molecule has 1 N–H and O–H groups in total. The molecule has 0 bridgehead atoms. The van der Waals surface area contributed by atoms with Crippen molar-refractivity contribution < 1.29 is 0 Å². The van der Waals surface area contributed by atoms with Crippen LogP contribution in [0.4, 0.5) is 5.82 Å². The van der Waals surface area contributed by atoms with Gasteiger partial charge in [0.05, 0.1) is 0 Å². The predicted octanol–water partition coefficient (Wildman–Crippen LogP) is 2.33. The summed E-state index contributed by atoms with van der Waals surface area (Å²) < 4.78 is 0. The second kappa shape index (κ2) is 5.49. The normalized spacial score (nSPS) is 14.2. The number of rotatable bonds is 5. The molecule has 1 heterocycles. The highest BCUT2D eigenvalue weighted by atomic mass is 16.1. The van der Waals surface area contributed by atoms with Gasteiger partial charge in [0.1, 0.15) is 11.6 Å². The summed E-state index contributed by atoms with van der Waals surface area (Å²) in [6, 6.07) is 11.9. The molecule has 0 aliphatic heterocycles. The van der Waals surface area contributed by atoms with Gasteiger partial charge in [-0.2, -0.15) is 0 Å². The van der Waals surface area contributed by atoms with Gasteiger partial charge in [0.25, 0.3) is 5.56 Å². The summed E-state index contributed by atoms with van der Waals surface area (Å²) in [6.45, 7) is 0.852. The number of likely N-dealkylation sites (N-methyl/N-ethyl adjacent to an activating group) is 1. The summed E-state index contributed by atoms with van der Waals surface area (Å²) in [5, 5.41) is 0. The zero-order valence-electron chi connectivity index (χ0n) is 11.7. The molecule has 0 spiro atoms. The Kier molecular flexibility index (Phi) is 3.54. The Balaban J connectivity index is 1.70. The number of H-pyrrole nitrogens is 1. The van der Waals surface area contributed by atoms with Gasteiger partial charge in [0.2, 0.25) is 0 Å². The first-order chi connectivity index (χ1) is 9.72. The molecule has 1 aliphatic rings. The van der Waals surface area contributed by atoms with Gasteiger partial charge in [0.15, 0.2) is 0 Å². The van der Waals surface area contributed by atoms with Crippen molar-refractivity contribution >= 4 is 5.82 Å². The van der Waals surface area contributed by atoms with Crippen LogP contribution in [-0.2, 0) is 6.42 Å². The molecule has 0 radical (unpaired) electrons. The van der Waals surface area contributed by atoms with Crippen LogP contribution < -0.4 is 10.5 Å². The summed E-state index contributed by atoms with van der Waals surface area (Å²) in [7, 11) is 1.99. The minimum Gasteiger partial charge on any atom is -0.359 e. The van der Waals surface area contributed by atoms with Gasteiger partial charge < -0.3 is 9.88 Å². The monoisotopic (exact) mass is 269 g/mol. The van der Waals surface area contributed by atoms with Gasteiger partial charge in [-0.15, -0.1) is 0 Å². The minimum atomic E-state index is -0.0524. The van der Waals surface area contributed by atoms with E-state index < -0.39 is 0 Å². The summed E-state index contributed by atoms with van der Waals surface area (Å²) in [5.41, 5.74) is 1.25. The van der Waals surface area contributed by atoms with Gasteiger partial charge in [-0.3, -0.25) is 4.79 Å². The first kappa shape index (κ1) is 12.9. The molecule has 3 rings (SSSR count). The molecule has 1 saturated carbocycles. The molecule has 20 heavy (non-hydrogen) atoms. The molecule has 104 valence electrons. The Morgan fingerprint density at radius 1 is 1.30 bits per heavy atom. The average Bonchev–Trinajstić information content (AvgIpc) is 3.30. The molecule has 1 aliphatic carbocycles. The fraction of sp³-hybridized carbons (Fsp3) is 0.375. The van der Waals surface area contributed by atoms with E-state index in [9.17, 15) is 4.79 Å². The van der Waals surface area contributed by atoms with Gasteiger partial charge >= 0.3 is 0 Å². The highest BCUT2D eigenvalue weighted by molar-refractivity contribution is 5.37. The maximum Gasteiger partial charge on any atom is 0.252 e. The Morgan fingerprint density at radius 2 is 2.05 bits per heavy atom. The number of aromatic amines is 1. The smallest absolute Gasteiger partial charge is 0.252 e. The van der Waals surface area contributed by atoms with E-state index in [4.69, 9.17) is 0 Å². The van der Waals surface area contributed by atoms with Crippen molar-refractivity contribution in [1.29, 1.82) is 0 Å². The molecule has 0 atom stereocenters. The highest BCUT2D eigenvalue weighted by Crippen LogP contribution is 2.37. The van der Waals surface area contributed by atoms with Gasteiger partial charge in [0, 0.05) is 25.6 Å². The second-order valence-electron chi connectivity index (χ2n) is 5.42. The maximum atomic E-state index is 11.7. The SMILES string of the molecule is CN(CCc1ccccc1)c1cc(=O)[nH]c(C2CC2)n1. The van der Waals surface area contributed by atoms with Gasteiger partial charge in [-0.25, -0.2) is 4.98 Å². The van der Waals surface area contributed by atoms with E-state index >= 15 is 0 Å². The number of hydrogen-bond acceptors (Lipinski definition) is 3. The number of aromatic nitrogens is 2. The summed E-state index contributed by atoms with van der Waals surface area (Å²) in [4.78, 5) is 21.2. The number of nitrogens with zero attached hydrogens (tertiary/aromatic N) is 2. The fourth-order valence-corrected chi connectivity index (χ4v) is 2.26. The Hall–Kier alpha value is -2.10. The molecule has 2 aromatic rings. The minimum absolute atomic E-state index is 0.0524. The van der Waals surface area contributed by atoms with E-state index in [2.05, 4.69) is 22.1 Å². The molecule has 4 heteroatoms. The molecular weight excluding hydrogens is 250 g/mol. The molecule has 1 aromatic carbocycles. The Labute approximate surface area is 118 Å². The van der Waals surface area contributed by atoms with Crippen molar-refractivity contribution in [1.82, 2.24) is 9.97 Å². The van der Waals surface area contributed by atoms with E-state index in [0.29, 0.717) is 5.92 Å². The number of nitrogens with one attached hydrogen (secondary N) is 1. The zero-order valence-corrected chi connectivity index (χ0v) is 11.7. The first-order valence-corrected chi connectivity index (χ1v) is 7.09. The molecule has 1 aromatic heterocycles. The van der Waals surface area contributed by atoms with Crippen LogP contribution in [0.3, 0.4) is 0 Å². The van der Waals surface area contributed by atoms with E-state index in [1.54, 1.807) is 6.07 Å². The summed E-state index contributed by atoms with van der Waals surface area (Å²) in [5.74, 6) is 2.08. The van der Waals surface area contributed by atoms with Crippen molar-refractivity contribution in [3.8, 4) is 0 Å². The molecule has 1 fully saturated rings. The molecule has 4 nitrogen and oxygen atoms in total. The van der Waals surface area contributed by atoms with Crippen molar-refractivity contribution in [2.24, 2.45) is 0 Å². The Bertz CT molecular complexity index is 632. The van der Waals surface area contributed by atoms with Gasteiger partial charge in [-0.05, 0) is 24.8 Å². The van der Waals surface area contributed by atoms with Crippen molar-refractivity contribution in [3.05, 3.63) is 58.1 Å². The van der Waals surface area contributed by atoms with Crippen LogP contribution in [0.25, 0.3) is 0 Å². The number of hydrogen-bond donors (Lipinski definition) is 1. The third kappa shape index (κ3) is 3.07. The predicted molar refractivity (Wildman–Crippen MR) is 80.2 cm³/mol. The standard InChI is InChI=1S/C16H19N3O/c1-19(10-9-12-5-3-2-4-6-12)14-11-15(20)18-16(17-14)13-7-8-13/h2-6,11,13H,7-10H2,1H3,(H,17,18,20). The van der Waals surface area contributed by atoms with E-state index in [0.717, 1.165) is 37.4 Å². The van der Waals surface area contributed by atoms with E-state index in [-0.39, 0.29) is 5.56 Å². The van der Waals surface area contributed by atoms with E-state index in [1.807, 2.05) is 30.1 Å². The number of benzene rings is 1. The molecule has 0 unspecified atom stereocenters. The van der Waals surface area contributed by atoms with Gasteiger partial charge in [-0.1, -0.05) is 30.3 Å². The lowest BCUT2D eigenvalue weighted by atomic mass is 10.1. The summed E-state index contributed by atoms with van der Waals surface area (Å²) >= 11 is 0. The molecular formula is C16H19N3O. The molecule has 0 saturated heterocycles. The van der Waals surface area contributed by atoms with Crippen LogP contribution in [0.5, 0.6) is 0 Å². The quantitative estimate of drug-likeness (QED) is 0.906. The topological polar surface area (TPSA) is 49.0 Å². The fourth-order valence-electron chi connectivity index (χ4n) is 2.26. The lowest BCUT2D eigenvalue weighted by molar-refractivity contribution is 0.827. The van der Waals surface area contributed by atoms with Crippen LogP contribution >= 0.6 is 0 Å². The average molecular weight is 269 g/mol. The lowest BCUT2D eigenvalue weighted by Crippen LogP contribution is -2.24. The lowest BCUT2D eigenvalue weighted by Gasteiger charge is -2.18. The van der Waals surface area contributed by atoms with Crippen molar-refractivity contribution in [2.45, 2.75) is 25.2 Å². The van der Waals surface area contributed by atoms with E-state index in [1.165, 1.54) is 5.56 Å². The van der Waals surface area contributed by atoms with Crippen LogP contribution in [0.15, 0.2) is 41.2 Å². The zero-order chi connectivity index (χ0) is 13.9. The third-order valence-corrected chi connectivity index (χ3v) is 3.68. The van der Waals surface area contributed by atoms with Crippen LogP contribution in [0.1, 0.15) is 30.1 Å². The summed E-state index contributed by atoms with van der Waals surface area (Å²) in [6.07, 6.45) is 3.23. The number of anilines is 1. The van der Waals surface area contributed by atoms with Crippen LogP contribution in [0.2, 0.25) is 0 Å². The second-order valence-corrected chi connectivity index (χ2v) is 5.42. The largest absolute Gasteiger partial charge is 0.359 e. The molecule has 0 amide bonds. The first-order valence-electron chi connectivity index (χ1n) is 7.09. The van der Waals surface area contributed by atoms with Crippen molar-refractivity contribution in [2.75, 3.05) is 18.5 Å². The third-order valence-electron chi connectivity index (χ3n) is 3.68. The maximum absolute atomic E-state index is 11.7. The van der Waals surface area contributed by atoms with Crippen molar-refractivity contribution in [3.63, 3.8) is 0 Å². The van der Waals surface area contributed by atoms with Crippen LogP contribution in [-0.4, -0.2) is 23.6 Å².